The van der Waals surface area contributed by atoms with E-state index in [0.29, 0.717) is 17.7 Å². The van der Waals surface area contributed by atoms with Crippen LogP contribution in [0.1, 0.15) is 75.2 Å². The molecule has 7 heteroatoms. The molecule has 1 aromatic rings. The lowest BCUT2D eigenvalue weighted by atomic mass is 9.51. The molecule has 3 aliphatic rings. The molecular weight excluding hydrogens is 452 g/mol. The van der Waals surface area contributed by atoms with Crippen LogP contribution in [0.4, 0.5) is 0 Å². The smallest absolute Gasteiger partial charge is 0.251 e. The van der Waals surface area contributed by atoms with Crippen molar-refractivity contribution in [3.8, 4) is 6.07 Å². The van der Waals surface area contributed by atoms with E-state index in [-0.39, 0.29) is 46.9 Å². The van der Waals surface area contributed by atoms with Gasteiger partial charge in [0.1, 0.15) is 0 Å². The summed E-state index contributed by atoms with van der Waals surface area (Å²) in [5, 5.41) is 26.9. The molecule has 2 amide bonds. The zero-order chi connectivity index (χ0) is 25.9. The van der Waals surface area contributed by atoms with Gasteiger partial charge in [0.15, 0.2) is 0 Å². The number of nitrogens with one attached hydrogen (secondary N) is 2. The number of hydrogen-bond donors (Lipinski definition) is 3. The third kappa shape index (κ3) is 5.60. The third-order valence-electron chi connectivity index (χ3n) is 9.46. The number of fused-ring (bicyclic) bond motifs is 1. The summed E-state index contributed by atoms with van der Waals surface area (Å²) in [7, 11) is 0. The van der Waals surface area contributed by atoms with Gasteiger partial charge in [-0.3, -0.25) is 9.59 Å². The summed E-state index contributed by atoms with van der Waals surface area (Å²) < 4.78 is 0. The summed E-state index contributed by atoms with van der Waals surface area (Å²) in [6.07, 6.45) is 5.57. The quantitative estimate of drug-likeness (QED) is 0.539. The van der Waals surface area contributed by atoms with Crippen LogP contribution >= 0.6 is 0 Å². The Labute approximate surface area is 215 Å². The first kappa shape index (κ1) is 26.6. The lowest BCUT2D eigenvalue weighted by Crippen LogP contribution is -2.58. The highest BCUT2D eigenvalue weighted by molar-refractivity contribution is 5.94. The highest BCUT2D eigenvalue weighted by Gasteiger charge is 2.53. The summed E-state index contributed by atoms with van der Waals surface area (Å²) in [5.41, 5.74) is 1.08. The number of rotatable bonds is 7. The molecule has 0 bridgehead atoms. The highest BCUT2D eigenvalue weighted by atomic mass is 16.3. The molecule has 196 valence electrons. The molecule has 7 nitrogen and oxygen atoms in total. The van der Waals surface area contributed by atoms with Gasteiger partial charge >= 0.3 is 0 Å². The van der Waals surface area contributed by atoms with Crippen molar-refractivity contribution in [3.05, 3.63) is 35.4 Å². The van der Waals surface area contributed by atoms with Gasteiger partial charge in [-0.05, 0) is 99.0 Å². The van der Waals surface area contributed by atoms with Crippen LogP contribution in [0.2, 0.25) is 0 Å². The Morgan fingerprint density at radius 1 is 1.19 bits per heavy atom. The Kier molecular flexibility index (Phi) is 8.37. The van der Waals surface area contributed by atoms with Crippen molar-refractivity contribution in [1.29, 1.82) is 5.26 Å². The Morgan fingerprint density at radius 3 is 2.53 bits per heavy atom. The second kappa shape index (κ2) is 11.3. The molecule has 3 N–H and O–H groups in total. The fraction of sp³-hybridized carbons (Fsp3) is 0.690. The maximum absolute atomic E-state index is 13.0. The molecule has 7 atom stereocenters. The number of aliphatic hydroxyl groups excluding tert-OH is 1. The van der Waals surface area contributed by atoms with Crippen molar-refractivity contribution in [2.45, 2.75) is 71.4 Å². The van der Waals surface area contributed by atoms with Gasteiger partial charge in [-0.25, -0.2) is 0 Å². The number of benzene rings is 1. The number of likely N-dealkylation sites (tertiary alicyclic amines) is 1. The molecule has 0 spiro atoms. The van der Waals surface area contributed by atoms with Crippen LogP contribution in [-0.4, -0.2) is 60.1 Å². The Balaban J connectivity index is 1.37. The molecule has 1 unspecified atom stereocenters. The van der Waals surface area contributed by atoms with Crippen molar-refractivity contribution in [2.24, 2.45) is 29.1 Å². The predicted molar refractivity (Wildman–Crippen MR) is 139 cm³/mol. The third-order valence-corrected chi connectivity index (χ3v) is 9.46. The second-order valence-electron chi connectivity index (χ2n) is 11.7. The van der Waals surface area contributed by atoms with E-state index in [0.717, 1.165) is 45.3 Å². The maximum Gasteiger partial charge on any atom is 0.251 e. The molecule has 1 aromatic carbocycles. The van der Waals surface area contributed by atoms with Crippen LogP contribution in [-0.2, 0) is 4.79 Å². The van der Waals surface area contributed by atoms with E-state index in [1.54, 1.807) is 24.3 Å². The first-order chi connectivity index (χ1) is 17.2. The standard InChI is InChI=1S/C29H42N4O3/c1-19(27(35)31-14-17-33-15-4-5-16-33)23-10-12-29(3)13-11-24(20(2)25(29)26(23)34)32-28(36)22-8-6-21(18-30)7-9-22/h6-9,19-20,23-26,34H,4-5,10-17H2,1-3H3,(H,31,35)(H,32,36)/t19-,20+,23?,24-,25+,26-,29-/m0/s1. The monoisotopic (exact) mass is 494 g/mol. The van der Waals surface area contributed by atoms with Crippen LogP contribution in [0.15, 0.2) is 24.3 Å². The van der Waals surface area contributed by atoms with Gasteiger partial charge in [0.2, 0.25) is 5.91 Å². The summed E-state index contributed by atoms with van der Waals surface area (Å²) in [4.78, 5) is 28.3. The minimum Gasteiger partial charge on any atom is -0.392 e. The van der Waals surface area contributed by atoms with Crippen LogP contribution in [0.25, 0.3) is 0 Å². The Bertz CT molecular complexity index is 968. The van der Waals surface area contributed by atoms with Crippen LogP contribution in [0.5, 0.6) is 0 Å². The zero-order valence-corrected chi connectivity index (χ0v) is 22.0. The number of nitrogens with zero attached hydrogens (tertiary/aromatic N) is 2. The van der Waals surface area contributed by atoms with Gasteiger partial charge in [0.25, 0.3) is 5.91 Å². The fourth-order valence-corrected chi connectivity index (χ4v) is 7.14. The van der Waals surface area contributed by atoms with Crippen molar-refractivity contribution < 1.29 is 14.7 Å². The molecule has 1 aliphatic heterocycles. The second-order valence-corrected chi connectivity index (χ2v) is 11.7. The number of nitriles is 1. The van der Waals surface area contributed by atoms with E-state index in [4.69, 9.17) is 5.26 Å². The predicted octanol–water partition coefficient (Wildman–Crippen LogP) is 3.33. The zero-order valence-electron chi connectivity index (χ0n) is 22.0. The molecule has 0 aromatic heterocycles. The minimum absolute atomic E-state index is 0.0109. The van der Waals surface area contributed by atoms with Crippen molar-refractivity contribution in [2.75, 3.05) is 26.2 Å². The molecule has 3 fully saturated rings. The van der Waals surface area contributed by atoms with Crippen LogP contribution < -0.4 is 10.6 Å². The van der Waals surface area contributed by atoms with Crippen molar-refractivity contribution in [3.63, 3.8) is 0 Å². The summed E-state index contributed by atoms with van der Waals surface area (Å²) >= 11 is 0. The average molecular weight is 495 g/mol. The molecule has 1 heterocycles. The Morgan fingerprint density at radius 2 is 1.86 bits per heavy atom. The lowest BCUT2D eigenvalue weighted by molar-refractivity contribution is -0.141. The molecule has 0 radical (unpaired) electrons. The van der Waals surface area contributed by atoms with Crippen LogP contribution in [0.3, 0.4) is 0 Å². The van der Waals surface area contributed by atoms with Gasteiger partial charge in [-0.15, -0.1) is 0 Å². The van der Waals surface area contributed by atoms with E-state index in [9.17, 15) is 14.7 Å². The molecule has 36 heavy (non-hydrogen) atoms. The van der Waals surface area contributed by atoms with E-state index in [1.807, 2.05) is 6.92 Å². The molecule has 2 aliphatic carbocycles. The van der Waals surface area contributed by atoms with Crippen molar-refractivity contribution >= 4 is 11.8 Å². The van der Waals surface area contributed by atoms with Gasteiger partial charge < -0.3 is 20.6 Å². The first-order valence-electron chi connectivity index (χ1n) is 13.7. The summed E-state index contributed by atoms with van der Waals surface area (Å²) in [6.45, 7) is 10.2. The van der Waals surface area contributed by atoms with Crippen LogP contribution in [0, 0.1) is 40.4 Å². The van der Waals surface area contributed by atoms with E-state index < -0.39 is 6.10 Å². The minimum atomic E-state index is -0.576. The number of carbonyl (C=O) groups is 2. The SMILES string of the molecule is C[C@H]1[C@@H]2[C@@H](O)C([C@H](C)C(=O)NCCN3CCCC3)CC[C@@]2(C)CC[C@@H]1NC(=O)c1ccc(C#N)cc1. The fourth-order valence-electron chi connectivity index (χ4n) is 7.14. The van der Waals surface area contributed by atoms with E-state index in [1.165, 1.54) is 12.8 Å². The normalized spacial score (nSPS) is 33.2. The maximum atomic E-state index is 13.0. The number of aliphatic hydroxyl groups is 1. The van der Waals surface area contributed by atoms with Crippen molar-refractivity contribution in [1.82, 2.24) is 15.5 Å². The van der Waals surface area contributed by atoms with Gasteiger partial charge in [0, 0.05) is 30.6 Å². The molecule has 2 saturated carbocycles. The van der Waals surface area contributed by atoms with Gasteiger partial charge in [-0.1, -0.05) is 20.8 Å². The molecule has 1 saturated heterocycles. The largest absolute Gasteiger partial charge is 0.392 e. The first-order valence-corrected chi connectivity index (χ1v) is 13.7. The van der Waals surface area contributed by atoms with E-state index >= 15 is 0 Å². The topological polar surface area (TPSA) is 105 Å². The number of carbonyl (C=O) groups excluding carboxylic acids is 2. The lowest BCUT2D eigenvalue weighted by Gasteiger charge is -2.56. The Hall–Kier alpha value is -2.43. The van der Waals surface area contributed by atoms with Gasteiger partial charge in [0.05, 0.1) is 17.7 Å². The average Bonchev–Trinajstić information content (AvgIpc) is 3.39. The number of hydrogen-bond acceptors (Lipinski definition) is 5. The molecular formula is C29H42N4O3. The highest BCUT2D eigenvalue weighted by Crippen LogP contribution is 2.55. The summed E-state index contributed by atoms with van der Waals surface area (Å²) in [6, 6.07) is 8.71. The number of amides is 2. The summed E-state index contributed by atoms with van der Waals surface area (Å²) in [5.74, 6) is -0.317. The van der Waals surface area contributed by atoms with Gasteiger partial charge in [-0.2, -0.15) is 5.26 Å². The van der Waals surface area contributed by atoms with E-state index in [2.05, 4.69) is 35.5 Å². The molecule has 4 rings (SSSR count).